The van der Waals surface area contributed by atoms with Crippen LogP contribution < -0.4 is 4.74 Å². The molecule has 4 heteroatoms. The van der Waals surface area contributed by atoms with Gasteiger partial charge in [0, 0.05) is 5.57 Å². The first-order chi connectivity index (χ1) is 11.1. The van der Waals surface area contributed by atoms with Crippen LogP contribution in [0.3, 0.4) is 0 Å². The predicted octanol–water partition coefficient (Wildman–Crippen LogP) is 3.96. The zero-order chi connectivity index (χ0) is 16.9. The maximum atomic E-state index is 11.2. The van der Waals surface area contributed by atoms with Gasteiger partial charge in [-0.3, -0.25) is 4.79 Å². The summed E-state index contributed by atoms with van der Waals surface area (Å²) >= 11 is 0. The standard InChI is InChI=1S/C19H24O4/c1-16(2)19(21)23-15-6-4-3-5-14-22-18-11-9-17(10-12-18)8-7-13-20/h7-13H,1,3-6,14-15H2,2H3/b8-7+. The average Bonchev–Trinajstić information content (AvgIpc) is 2.56. The largest absolute Gasteiger partial charge is 0.494 e. The molecule has 0 aliphatic carbocycles. The van der Waals surface area contributed by atoms with Gasteiger partial charge in [-0.25, -0.2) is 4.79 Å². The summed E-state index contributed by atoms with van der Waals surface area (Å²) in [4.78, 5) is 21.4. The summed E-state index contributed by atoms with van der Waals surface area (Å²) in [5.74, 6) is 0.503. The maximum absolute atomic E-state index is 11.2. The van der Waals surface area contributed by atoms with Crippen LogP contribution in [0.2, 0.25) is 0 Å². The van der Waals surface area contributed by atoms with Gasteiger partial charge in [0.25, 0.3) is 0 Å². The van der Waals surface area contributed by atoms with Gasteiger partial charge in [-0.05, 0) is 56.4 Å². The maximum Gasteiger partial charge on any atom is 0.333 e. The van der Waals surface area contributed by atoms with Crippen molar-refractivity contribution in [2.75, 3.05) is 13.2 Å². The van der Waals surface area contributed by atoms with Gasteiger partial charge < -0.3 is 9.47 Å². The van der Waals surface area contributed by atoms with Crippen molar-refractivity contribution in [2.24, 2.45) is 0 Å². The highest BCUT2D eigenvalue weighted by Crippen LogP contribution is 2.14. The minimum Gasteiger partial charge on any atom is -0.494 e. The van der Waals surface area contributed by atoms with Crippen LogP contribution in [-0.4, -0.2) is 25.5 Å². The third-order valence-corrected chi connectivity index (χ3v) is 3.14. The third-order valence-electron chi connectivity index (χ3n) is 3.14. The molecule has 23 heavy (non-hydrogen) atoms. The van der Waals surface area contributed by atoms with Crippen LogP contribution in [0.25, 0.3) is 6.08 Å². The molecule has 0 unspecified atom stereocenters. The molecule has 0 N–H and O–H groups in total. The van der Waals surface area contributed by atoms with Gasteiger partial charge in [0.1, 0.15) is 12.0 Å². The van der Waals surface area contributed by atoms with E-state index in [1.165, 1.54) is 6.08 Å². The van der Waals surface area contributed by atoms with Gasteiger partial charge in [-0.15, -0.1) is 0 Å². The summed E-state index contributed by atoms with van der Waals surface area (Å²) in [5.41, 5.74) is 1.40. The molecule has 124 valence electrons. The van der Waals surface area contributed by atoms with Crippen LogP contribution >= 0.6 is 0 Å². The van der Waals surface area contributed by atoms with Crippen molar-refractivity contribution in [1.82, 2.24) is 0 Å². The van der Waals surface area contributed by atoms with E-state index >= 15 is 0 Å². The lowest BCUT2D eigenvalue weighted by Gasteiger charge is -2.07. The summed E-state index contributed by atoms with van der Waals surface area (Å²) in [6.45, 7) is 6.29. The Labute approximate surface area is 137 Å². The molecule has 0 fully saturated rings. The topological polar surface area (TPSA) is 52.6 Å². The van der Waals surface area contributed by atoms with E-state index in [2.05, 4.69) is 6.58 Å². The average molecular weight is 316 g/mol. The molecule has 0 aromatic heterocycles. The Kier molecular flexibility index (Phi) is 9.13. The van der Waals surface area contributed by atoms with Crippen LogP contribution in [0.4, 0.5) is 0 Å². The fraction of sp³-hybridized carbons (Fsp3) is 0.368. The van der Waals surface area contributed by atoms with Gasteiger partial charge in [0.05, 0.1) is 13.2 Å². The summed E-state index contributed by atoms with van der Waals surface area (Å²) in [5, 5.41) is 0. The molecule has 0 amide bonds. The lowest BCUT2D eigenvalue weighted by molar-refractivity contribution is -0.139. The second-order valence-electron chi connectivity index (χ2n) is 5.24. The number of allylic oxidation sites excluding steroid dienone is 1. The van der Waals surface area contributed by atoms with Gasteiger partial charge in [-0.2, -0.15) is 0 Å². The van der Waals surface area contributed by atoms with E-state index in [1.54, 1.807) is 13.0 Å². The highest BCUT2D eigenvalue weighted by atomic mass is 16.5. The minimum atomic E-state index is -0.320. The Balaban J connectivity index is 2.06. The molecule has 0 aliphatic heterocycles. The molecule has 0 radical (unpaired) electrons. The molecule has 0 atom stereocenters. The van der Waals surface area contributed by atoms with E-state index in [4.69, 9.17) is 9.47 Å². The van der Waals surface area contributed by atoms with Crippen molar-refractivity contribution in [3.8, 4) is 5.75 Å². The molecular formula is C19H24O4. The van der Waals surface area contributed by atoms with Crippen molar-refractivity contribution in [1.29, 1.82) is 0 Å². The molecule has 0 saturated heterocycles. The van der Waals surface area contributed by atoms with Crippen LogP contribution in [0.1, 0.15) is 38.2 Å². The number of hydrogen-bond donors (Lipinski definition) is 0. The molecule has 4 nitrogen and oxygen atoms in total. The second kappa shape index (κ2) is 11.2. The van der Waals surface area contributed by atoms with Crippen LogP contribution in [0.5, 0.6) is 5.75 Å². The molecule has 0 aliphatic rings. The molecule has 0 bridgehead atoms. The summed E-state index contributed by atoms with van der Waals surface area (Å²) in [7, 11) is 0. The first-order valence-corrected chi connectivity index (χ1v) is 7.81. The van der Waals surface area contributed by atoms with Crippen LogP contribution in [0, 0.1) is 0 Å². The first-order valence-electron chi connectivity index (χ1n) is 7.81. The van der Waals surface area contributed by atoms with E-state index in [9.17, 15) is 9.59 Å². The van der Waals surface area contributed by atoms with Crippen molar-refractivity contribution < 1.29 is 19.1 Å². The summed E-state index contributed by atoms with van der Waals surface area (Å²) in [6, 6.07) is 7.60. The Morgan fingerprint density at radius 1 is 1.09 bits per heavy atom. The summed E-state index contributed by atoms with van der Waals surface area (Å²) in [6.07, 6.45) is 7.82. The number of rotatable bonds is 11. The highest BCUT2D eigenvalue weighted by molar-refractivity contribution is 5.86. The lowest BCUT2D eigenvalue weighted by Crippen LogP contribution is -2.06. The molecule has 1 aromatic carbocycles. The fourth-order valence-electron chi connectivity index (χ4n) is 1.86. The van der Waals surface area contributed by atoms with Gasteiger partial charge >= 0.3 is 5.97 Å². The number of esters is 1. The van der Waals surface area contributed by atoms with Gasteiger partial charge in [0.15, 0.2) is 0 Å². The highest BCUT2D eigenvalue weighted by Gasteiger charge is 2.01. The third kappa shape index (κ3) is 8.61. The summed E-state index contributed by atoms with van der Waals surface area (Å²) < 4.78 is 10.7. The number of hydrogen-bond acceptors (Lipinski definition) is 4. The Morgan fingerprint density at radius 2 is 1.74 bits per heavy atom. The van der Waals surface area contributed by atoms with Crippen LogP contribution in [-0.2, 0) is 14.3 Å². The molecule has 1 aromatic rings. The van der Waals surface area contributed by atoms with Crippen molar-refractivity contribution in [2.45, 2.75) is 32.6 Å². The molecular weight excluding hydrogens is 292 g/mol. The van der Waals surface area contributed by atoms with E-state index in [0.717, 1.165) is 43.3 Å². The first kappa shape index (κ1) is 18.7. The van der Waals surface area contributed by atoms with Crippen molar-refractivity contribution in [3.63, 3.8) is 0 Å². The Hall–Kier alpha value is -2.36. The van der Waals surface area contributed by atoms with E-state index in [-0.39, 0.29) is 5.97 Å². The zero-order valence-corrected chi connectivity index (χ0v) is 13.6. The quantitative estimate of drug-likeness (QED) is 0.268. The van der Waals surface area contributed by atoms with E-state index in [0.29, 0.717) is 18.8 Å². The smallest absolute Gasteiger partial charge is 0.333 e. The monoisotopic (exact) mass is 316 g/mol. The Morgan fingerprint density at radius 3 is 2.35 bits per heavy atom. The number of ether oxygens (including phenoxy) is 2. The fourth-order valence-corrected chi connectivity index (χ4v) is 1.86. The number of carbonyl (C=O) groups excluding carboxylic acids is 2. The lowest BCUT2D eigenvalue weighted by atomic mass is 10.2. The van der Waals surface area contributed by atoms with Crippen LogP contribution in [0.15, 0.2) is 42.5 Å². The number of carbonyl (C=O) groups is 2. The van der Waals surface area contributed by atoms with E-state index < -0.39 is 0 Å². The number of benzene rings is 1. The van der Waals surface area contributed by atoms with Crippen molar-refractivity contribution in [3.05, 3.63) is 48.1 Å². The molecule has 0 spiro atoms. The van der Waals surface area contributed by atoms with E-state index in [1.807, 2.05) is 24.3 Å². The van der Waals surface area contributed by atoms with Crippen molar-refractivity contribution >= 4 is 18.3 Å². The predicted molar refractivity (Wildman–Crippen MR) is 91.3 cm³/mol. The SMILES string of the molecule is C=C(C)C(=O)OCCCCCCOc1ccc(/C=C/C=O)cc1. The van der Waals surface area contributed by atoms with Gasteiger partial charge in [0.2, 0.25) is 0 Å². The van der Waals surface area contributed by atoms with Gasteiger partial charge in [-0.1, -0.05) is 24.8 Å². The number of aldehydes is 1. The molecule has 0 heterocycles. The Bertz CT molecular complexity index is 529. The molecule has 1 rings (SSSR count). The second-order valence-corrected chi connectivity index (χ2v) is 5.24. The number of unbranched alkanes of at least 4 members (excludes halogenated alkanes) is 3. The zero-order valence-electron chi connectivity index (χ0n) is 13.6. The molecule has 0 saturated carbocycles. The normalized spacial score (nSPS) is 10.5. The minimum absolute atomic E-state index is 0.320.